The number of isocyanates is 1. The molecular formula is C8H9N3O. The van der Waals surface area contributed by atoms with E-state index >= 15 is 0 Å². The average Bonchev–Trinajstić information content (AvgIpc) is 2.06. The van der Waals surface area contributed by atoms with E-state index in [1.807, 2.05) is 0 Å². The number of nitrogens with zero attached hydrogens (tertiary/aromatic N) is 3. The molecule has 0 amide bonds. The molecule has 4 heteroatoms. The fourth-order valence-corrected chi connectivity index (χ4v) is 0.779. The number of aromatic nitrogens is 2. The standard InChI is InChI=1S/C8H9N3O/c1-8(2,11-6-12)7-9-4-3-5-10-7/h3-5H,1-2H3. The lowest BCUT2D eigenvalue weighted by Crippen LogP contribution is -2.17. The first-order chi connectivity index (χ1) is 5.67. The molecule has 0 aliphatic rings. The third kappa shape index (κ3) is 1.74. The smallest absolute Gasteiger partial charge is 0.235 e. The maximum atomic E-state index is 10.0. The minimum Gasteiger partial charge on any atom is -0.239 e. The van der Waals surface area contributed by atoms with Gasteiger partial charge in [-0.15, -0.1) is 0 Å². The van der Waals surface area contributed by atoms with Crippen molar-refractivity contribution < 1.29 is 4.79 Å². The van der Waals surface area contributed by atoms with Crippen LogP contribution in [0.15, 0.2) is 23.5 Å². The van der Waals surface area contributed by atoms with E-state index in [0.717, 1.165) is 0 Å². The van der Waals surface area contributed by atoms with Crippen LogP contribution in [-0.2, 0) is 10.3 Å². The van der Waals surface area contributed by atoms with Crippen LogP contribution in [0.1, 0.15) is 19.7 Å². The Morgan fingerprint density at radius 3 is 2.50 bits per heavy atom. The van der Waals surface area contributed by atoms with Gasteiger partial charge in [0, 0.05) is 12.4 Å². The Morgan fingerprint density at radius 2 is 2.00 bits per heavy atom. The SMILES string of the molecule is CC(C)(N=C=O)c1ncccn1. The van der Waals surface area contributed by atoms with Crippen molar-refractivity contribution in [3.05, 3.63) is 24.3 Å². The number of hydrogen-bond donors (Lipinski definition) is 0. The highest BCUT2D eigenvalue weighted by molar-refractivity contribution is 5.35. The van der Waals surface area contributed by atoms with E-state index in [9.17, 15) is 4.79 Å². The van der Waals surface area contributed by atoms with Crippen molar-refractivity contribution in [2.45, 2.75) is 19.4 Å². The van der Waals surface area contributed by atoms with Gasteiger partial charge in [0.25, 0.3) is 0 Å². The fourth-order valence-electron chi connectivity index (χ4n) is 0.779. The summed E-state index contributed by atoms with van der Waals surface area (Å²) in [4.78, 5) is 21.6. The van der Waals surface area contributed by atoms with E-state index in [1.165, 1.54) is 6.08 Å². The van der Waals surface area contributed by atoms with Crippen LogP contribution in [0.5, 0.6) is 0 Å². The van der Waals surface area contributed by atoms with Crippen LogP contribution in [0.25, 0.3) is 0 Å². The molecule has 0 atom stereocenters. The molecule has 1 heterocycles. The Hall–Kier alpha value is -1.54. The Balaban J connectivity index is 3.05. The minimum atomic E-state index is -0.678. The van der Waals surface area contributed by atoms with E-state index in [2.05, 4.69) is 15.0 Å². The molecule has 12 heavy (non-hydrogen) atoms. The van der Waals surface area contributed by atoms with Crippen molar-refractivity contribution in [1.82, 2.24) is 9.97 Å². The summed E-state index contributed by atoms with van der Waals surface area (Å²) in [6.07, 6.45) is 4.73. The van der Waals surface area contributed by atoms with Gasteiger partial charge in [0.1, 0.15) is 5.54 Å². The van der Waals surface area contributed by atoms with Gasteiger partial charge in [-0.25, -0.2) is 14.8 Å². The van der Waals surface area contributed by atoms with E-state index in [0.29, 0.717) is 5.82 Å². The molecule has 0 bridgehead atoms. The van der Waals surface area contributed by atoms with Gasteiger partial charge in [0.05, 0.1) is 0 Å². The number of carbonyl (C=O) groups excluding carboxylic acids is 1. The normalized spacial score (nSPS) is 10.5. The predicted molar refractivity (Wildman–Crippen MR) is 43.2 cm³/mol. The summed E-state index contributed by atoms with van der Waals surface area (Å²) in [6, 6.07) is 1.71. The first-order valence-corrected chi connectivity index (χ1v) is 3.53. The molecule has 0 saturated carbocycles. The Kier molecular flexibility index (Phi) is 2.31. The monoisotopic (exact) mass is 163 g/mol. The second-order valence-electron chi connectivity index (χ2n) is 2.83. The van der Waals surface area contributed by atoms with Crippen molar-refractivity contribution in [2.75, 3.05) is 0 Å². The van der Waals surface area contributed by atoms with Gasteiger partial charge in [-0.2, -0.15) is 4.99 Å². The van der Waals surface area contributed by atoms with Crippen LogP contribution in [0, 0.1) is 0 Å². The average molecular weight is 163 g/mol. The largest absolute Gasteiger partial charge is 0.239 e. The highest BCUT2D eigenvalue weighted by Gasteiger charge is 2.21. The number of hydrogen-bond acceptors (Lipinski definition) is 4. The molecule has 62 valence electrons. The zero-order valence-electron chi connectivity index (χ0n) is 6.98. The lowest BCUT2D eigenvalue weighted by molar-refractivity contribution is 0.498. The van der Waals surface area contributed by atoms with Gasteiger partial charge in [-0.05, 0) is 19.9 Å². The lowest BCUT2D eigenvalue weighted by atomic mass is 10.1. The van der Waals surface area contributed by atoms with E-state index in [1.54, 1.807) is 32.3 Å². The lowest BCUT2D eigenvalue weighted by Gasteiger charge is -2.13. The molecule has 0 aliphatic carbocycles. The molecule has 1 rings (SSSR count). The summed E-state index contributed by atoms with van der Waals surface area (Å²) in [5.41, 5.74) is -0.678. The van der Waals surface area contributed by atoms with Gasteiger partial charge in [0.15, 0.2) is 5.82 Å². The van der Waals surface area contributed by atoms with Crippen LogP contribution >= 0.6 is 0 Å². The summed E-state index contributed by atoms with van der Waals surface area (Å²) in [6.45, 7) is 3.51. The van der Waals surface area contributed by atoms with E-state index in [4.69, 9.17) is 0 Å². The minimum absolute atomic E-state index is 0.522. The van der Waals surface area contributed by atoms with Crippen molar-refractivity contribution >= 4 is 6.08 Å². The van der Waals surface area contributed by atoms with E-state index in [-0.39, 0.29) is 0 Å². The highest BCUT2D eigenvalue weighted by Crippen LogP contribution is 2.18. The molecule has 1 aromatic rings. The summed E-state index contributed by atoms with van der Waals surface area (Å²) in [7, 11) is 0. The third-order valence-corrected chi connectivity index (χ3v) is 1.44. The molecule has 0 aliphatic heterocycles. The van der Waals surface area contributed by atoms with Crippen LogP contribution in [0.4, 0.5) is 0 Å². The number of rotatable bonds is 2. The third-order valence-electron chi connectivity index (χ3n) is 1.44. The quantitative estimate of drug-likeness (QED) is 0.483. The van der Waals surface area contributed by atoms with E-state index < -0.39 is 5.54 Å². The summed E-state index contributed by atoms with van der Waals surface area (Å²) < 4.78 is 0. The van der Waals surface area contributed by atoms with Gasteiger partial charge >= 0.3 is 0 Å². The Labute approximate surface area is 70.4 Å². The fraction of sp³-hybridized carbons (Fsp3) is 0.375. The molecule has 0 saturated heterocycles. The second kappa shape index (κ2) is 3.24. The van der Waals surface area contributed by atoms with Gasteiger partial charge < -0.3 is 0 Å². The molecule has 0 spiro atoms. The maximum Gasteiger partial charge on any atom is 0.235 e. The Bertz CT molecular complexity index is 301. The van der Waals surface area contributed by atoms with Gasteiger partial charge in [-0.3, -0.25) is 0 Å². The molecule has 0 fully saturated rings. The molecule has 4 nitrogen and oxygen atoms in total. The van der Waals surface area contributed by atoms with Crippen LogP contribution in [0.2, 0.25) is 0 Å². The summed E-state index contributed by atoms with van der Waals surface area (Å²) in [5, 5.41) is 0. The van der Waals surface area contributed by atoms with Gasteiger partial charge in [-0.1, -0.05) is 0 Å². The predicted octanol–water partition coefficient (Wildman–Crippen LogP) is 1.05. The molecule has 0 N–H and O–H groups in total. The topological polar surface area (TPSA) is 55.2 Å². The number of aliphatic imine (C=N–C) groups is 1. The van der Waals surface area contributed by atoms with Crippen LogP contribution in [0.3, 0.4) is 0 Å². The molecule has 0 aromatic carbocycles. The molecule has 0 radical (unpaired) electrons. The van der Waals surface area contributed by atoms with Crippen molar-refractivity contribution in [1.29, 1.82) is 0 Å². The van der Waals surface area contributed by atoms with Crippen molar-refractivity contribution in [2.24, 2.45) is 4.99 Å². The second-order valence-corrected chi connectivity index (χ2v) is 2.83. The molecular weight excluding hydrogens is 154 g/mol. The van der Waals surface area contributed by atoms with Crippen LogP contribution in [-0.4, -0.2) is 16.0 Å². The van der Waals surface area contributed by atoms with Crippen molar-refractivity contribution in [3.63, 3.8) is 0 Å². The zero-order valence-corrected chi connectivity index (χ0v) is 6.98. The summed E-state index contributed by atoms with van der Waals surface area (Å²) in [5.74, 6) is 0.522. The maximum absolute atomic E-state index is 10.0. The first kappa shape index (κ1) is 8.56. The summed E-state index contributed by atoms with van der Waals surface area (Å²) >= 11 is 0. The van der Waals surface area contributed by atoms with Crippen LogP contribution < -0.4 is 0 Å². The Morgan fingerprint density at radius 1 is 1.42 bits per heavy atom. The zero-order chi connectivity index (χ0) is 9.03. The van der Waals surface area contributed by atoms with Crippen molar-refractivity contribution in [3.8, 4) is 0 Å². The first-order valence-electron chi connectivity index (χ1n) is 3.53. The molecule has 0 unspecified atom stereocenters. The highest BCUT2D eigenvalue weighted by atomic mass is 16.1. The molecule has 1 aromatic heterocycles. The van der Waals surface area contributed by atoms with Gasteiger partial charge in [0.2, 0.25) is 6.08 Å².